The zero-order chi connectivity index (χ0) is 21.0. The van der Waals surface area contributed by atoms with Crippen molar-refractivity contribution in [1.82, 2.24) is 19.6 Å². The van der Waals surface area contributed by atoms with Gasteiger partial charge in [-0.3, -0.25) is 4.79 Å². The predicted octanol–water partition coefficient (Wildman–Crippen LogP) is 3.78. The number of nitrogens with zero attached hydrogens (tertiary/aromatic N) is 4. The normalized spacial score (nSPS) is 22.1. The number of hydrogen-bond acceptors (Lipinski definition) is 6. The van der Waals surface area contributed by atoms with Crippen molar-refractivity contribution in [2.75, 3.05) is 17.7 Å². The number of nitrogens with one attached hydrogen (secondary N) is 2. The molecule has 3 aromatic heterocycles. The summed E-state index contributed by atoms with van der Waals surface area (Å²) in [6, 6.07) is 2.71. The molecule has 2 amide bonds. The third-order valence-corrected chi connectivity index (χ3v) is 6.03. The lowest BCUT2D eigenvalue weighted by Crippen LogP contribution is -2.22. The van der Waals surface area contributed by atoms with E-state index in [4.69, 9.17) is 27.9 Å². The highest BCUT2D eigenvalue weighted by Crippen LogP contribution is 2.63. The molecule has 5 rings (SSSR count). The van der Waals surface area contributed by atoms with Crippen molar-refractivity contribution in [3.05, 3.63) is 40.4 Å². The maximum absolute atomic E-state index is 12.6. The minimum Gasteiger partial charge on any atom is -0.480 e. The molecule has 9 nitrogen and oxygen atoms in total. The molecule has 2 fully saturated rings. The van der Waals surface area contributed by atoms with Gasteiger partial charge in [0.2, 0.25) is 5.88 Å². The smallest absolute Gasteiger partial charge is 0.323 e. The van der Waals surface area contributed by atoms with Crippen molar-refractivity contribution in [3.8, 4) is 5.88 Å². The summed E-state index contributed by atoms with van der Waals surface area (Å²) in [7, 11) is 1.46. The molecular formula is C19H16Cl2N6O3. The number of rotatable bonds is 4. The van der Waals surface area contributed by atoms with Gasteiger partial charge in [0, 0.05) is 24.8 Å². The number of urea groups is 1. The summed E-state index contributed by atoms with van der Waals surface area (Å²) < 4.78 is 6.66. The molecule has 2 aliphatic carbocycles. The fourth-order valence-corrected chi connectivity index (χ4v) is 4.70. The van der Waals surface area contributed by atoms with Crippen LogP contribution in [0, 0.1) is 11.8 Å². The fourth-order valence-electron chi connectivity index (χ4n) is 4.29. The van der Waals surface area contributed by atoms with Crippen LogP contribution in [-0.4, -0.2) is 38.5 Å². The van der Waals surface area contributed by atoms with E-state index in [0.717, 1.165) is 5.69 Å². The van der Waals surface area contributed by atoms with E-state index in [2.05, 4.69) is 25.7 Å². The summed E-state index contributed by atoms with van der Waals surface area (Å²) in [6.07, 6.45) is 4.12. The minimum absolute atomic E-state index is 0.122. The molecule has 154 valence electrons. The molecule has 0 radical (unpaired) electrons. The second-order valence-corrected chi connectivity index (χ2v) is 8.18. The van der Waals surface area contributed by atoms with Crippen molar-refractivity contribution >= 4 is 52.0 Å². The molecule has 2 unspecified atom stereocenters. The Kier molecular flexibility index (Phi) is 4.52. The zero-order valence-electron chi connectivity index (χ0n) is 15.7. The van der Waals surface area contributed by atoms with E-state index in [9.17, 15) is 9.59 Å². The van der Waals surface area contributed by atoms with Crippen molar-refractivity contribution < 1.29 is 14.3 Å². The van der Waals surface area contributed by atoms with Crippen LogP contribution in [0.5, 0.6) is 5.88 Å². The molecule has 2 N–H and O–H groups in total. The number of carbonyl (C=O) groups is 2. The molecule has 0 saturated heterocycles. The van der Waals surface area contributed by atoms with Gasteiger partial charge in [0.05, 0.1) is 36.6 Å². The van der Waals surface area contributed by atoms with E-state index in [1.807, 2.05) is 0 Å². The minimum atomic E-state index is -0.486. The van der Waals surface area contributed by atoms with Crippen LogP contribution in [0.4, 0.5) is 16.2 Å². The summed E-state index contributed by atoms with van der Waals surface area (Å²) in [5.41, 5.74) is 2.31. The highest BCUT2D eigenvalue weighted by molar-refractivity contribution is 6.32. The number of fused-ring (bicyclic) bond motifs is 2. The number of Topliss-reactive ketones (excluding diaryl/α,β-unsaturated/α-hetero) is 1. The average Bonchev–Trinajstić information content (AvgIpc) is 3.00. The van der Waals surface area contributed by atoms with E-state index in [1.54, 1.807) is 22.8 Å². The van der Waals surface area contributed by atoms with Gasteiger partial charge < -0.3 is 15.4 Å². The first-order valence-corrected chi connectivity index (χ1v) is 10.0. The number of carbonyl (C=O) groups excluding carboxylic acids is 2. The molecule has 3 aromatic rings. The quantitative estimate of drug-likeness (QED) is 0.630. The Labute approximate surface area is 180 Å². The van der Waals surface area contributed by atoms with E-state index < -0.39 is 6.03 Å². The predicted molar refractivity (Wildman–Crippen MR) is 110 cm³/mol. The summed E-state index contributed by atoms with van der Waals surface area (Å²) in [4.78, 5) is 32.7. The summed E-state index contributed by atoms with van der Waals surface area (Å²) in [5, 5.41) is 10.4. The molecule has 3 heterocycles. The van der Waals surface area contributed by atoms with Crippen LogP contribution >= 0.6 is 23.2 Å². The SMILES string of the molecule is COc1ncc(NC(=O)Nc2cnc3cc(Cl)nn3c2C2C3CC(=O)CC32)cc1Cl. The summed E-state index contributed by atoms with van der Waals surface area (Å²) in [5.74, 6) is 1.20. The first-order valence-electron chi connectivity index (χ1n) is 9.28. The van der Waals surface area contributed by atoms with Gasteiger partial charge in [-0.2, -0.15) is 5.10 Å². The monoisotopic (exact) mass is 446 g/mol. The topological polar surface area (TPSA) is 111 Å². The Bertz CT molecular complexity index is 1180. The first-order chi connectivity index (χ1) is 14.4. The van der Waals surface area contributed by atoms with Gasteiger partial charge >= 0.3 is 6.03 Å². The van der Waals surface area contributed by atoms with Gasteiger partial charge in [0.1, 0.15) is 10.8 Å². The molecule has 0 aromatic carbocycles. The number of methoxy groups -OCH3 is 1. The third-order valence-electron chi connectivity index (χ3n) is 5.57. The molecule has 0 bridgehead atoms. The number of ether oxygens (including phenoxy) is 1. The number of halogens is 2. The van der Waals surface area contributed by atoms with Crippen LogP contribution in [-0.2, 0) is 4.79 Å². The standard InChI is InChI=1S/C19H16Cl2N6O3/c1-30-18-12(20)2-8(6-23-18)24-19(29)25-13-7-22-15-5-14(21)26-27(15)17(13)16-10-3-9(28)4-11(10)16/h2,5-7,10-11,16H,3-4H2,1H3,(H2,24,25,29). The largest absolute Gasteiger partial charge is 0.480 e. The number of amides is 2. The van der Waals surface area contributed by atoms with Gasteiger partial charge in [-0.15, -0.1) is 0 Å². The van der Waals surface area contributed by atoms with Crippen molar-refractivity contribution in [3.63, 3.8) is 0 Å². The molecule has 0 spiro atoms. The Balaban J connectivity index is 1.43. The van der Waals surface area contributed by atoms with E-state index in [0.29, 0.717) is 35.0 Å². The molecule has 2 aliphatic rings. The van der Waals surface area contributed by atoms with Crippen LogP contribution in [0.3, 0.4) is 0 Å². The maximum atomic E-state index is 12.6. The molecule has 30 heavy (non-hydrogen) atoms. The van der Waals surface area contributed by atoms with Crippen molar-refractivity contribution in [2.45, 2.75) is 18.8 Å². The number of anilines is 2. The number of ketones is 1. The molecule has 11 heteroatoms. The lowest BCUT2D eigenvalue weighted by atomic mass is 10.1. The average molecular weight is 447 g/mol. The van der Waals surface area contributed by atoms with Crippen LogP contribution in [0.25, 0.3) is 5.65 Å². The lowest BCUT2D eigenvalue weighted by molar-refractivity contribution is -0.118. The van der Waals surface area contributed by atoms with Gasteiger partial charge in [0.15, 0.2) is 10.8 Å². The second-order valence-electron chi connectivity index (χ2n) is 7.39. The number of pyridine rings is 1. The summed E-state index contributed by atoms with van der Waals surface area (Å²) >= 11 is 12.1. The number of aromatic nitrogens is 4. The Morgan fingerprint density at radius 3 is 2.63 bits per heavy atom. The molecule has 2 saturated carbocycles. The Morgan fingerprint density at radius 1 is 1.17 bits per heavy atom. The zero-order valence-corrected chi connectivity index (χ0v) is 17.2. The van der Waals surface area contributed by atoms with Crippen molar-refractivity contribution in [2.24, 2.45) is 11.8 Å². The number of hydrogen-bond donors (Lipinski definition) is 2. The Morgan fingerprint density at radius 2 is 1.93 bits per heavy atom. The highest BCUT2D eigenvalue weighted by Gasteiger charge is 2.58. The van der Waals surface area contributed by atoms with Crippen molar-refractivity contribution in [1.29, 1.82) is 0 Å². The third kappa shape index (κ3) is 3.23. The molecule has 0 aliphatic heterocycles. The van der Waals surface area contributed by atoms with Crippen LogP contribution in [0.1, 0.15) is 24.5 Å². The Hall–Kier alpha value is -2.91. The first kappa shape index (κ1) is 19.1. The highest BCUT2D eigenvalue weighted by atomic mass is 35.5. The van der Waals surface area contributed by atoms with Crippen LogP contribution in [0.15, 0.2) is 24.5 Å². The van der Waals surface area contributed by atoms with Gasteiger partial charge in [0.25, 0.3) is 0 Å². The van der Waals surface area contributed by atoms with Crippen LogP contribution < -0.4 is 15.4 Å². The molecule has 2 atom stereocenters. The van der Waals surface area contributed by atoms with Gasteiger partial charge in [-0.05, 0) is 17.9 Å². The maximum Gasteiger partial charge on any atom is 0.323 e. The van der Waals surface area contributed by atoms with E-state index in [1.165, 1.54) is 13.3 Å². The van der Waals surface area contributed by atoms with E-state index in [-0.39, 0.29) is 34.4 Å². The second kappa shape index (κ2) is 7.10. The lowest BCUT2D eigenvalue weighted by Gasteiger charge is -2.14. The fraction of sp³-hybridized carbons (Fsp3) is 0.316. The van der Waals surface area contributed by atoms with Crippen LogP contribution in [0.2, 0.25) is 10.2 Å². The van der Waals surface area contributed by atoms with Gasteiger partial charge in [-0.25, -0.2) is 19.3 Å². The summed E-state index contributed by atoms with van der Waals surface area (Å²) in [6.45, 7) is 0. The molecular weight excluding hydrogens is 431 g/mol. The van der Waals surface area contributed by atoms with Gasteiger partial charge in [-0.1, -0.05) is 23.2 Å². The van der Waals surface area contributed by atoms with E-state index >= 15 is 0 Å².